The predicted octanol–water partition coefficient (Wildman–Crippen LogP) is 1.67. The van der Waals surface area contributed by atoms with E-state index < -0.39 is 37.9 Å². The van der Waals surface area contributed by atoms with Gasteiger partial charge in [-0.1, -0.05) is 13.0 Å². The molecule has 0 amide bonds. The van der Waals surface area contributed by atoms with Gasteiger partial charge in [-0.25, -0.2) is 21.6 Å². The van der Waals surface area contributed by atoms with Crippen LogP contribution in [0.25, 0.3) is 0 Å². The number of hydrogen-bond donors (Lipinski definition) is 1. The maximum atomic E-state index is 13.3. The number of nitrogens with zero attached hydrogens (tertiary/aromatic N) is 1. The van der Waals surface area contributed by atoms with Crippen molar-refractivity contribution in [3.05, 3.63) is 29.3 Å². The Balaban J connectivity index is 2.56. The molecule has 2 rings (SSSR count). The molecule has 0 radical (unpaired) electrons. The van der Waals surface area contributed by atoms with Gasteiger partial charge in [-0.15, -0.1) is 0 Å². The number of rotatable bonds is 6. The van der Waals surface area contributed by atoms with Crippen molar-refractivity contribution in [1.29, 1.82) is 0 Å². The van der Waals surface area contributed by atoms with Crippen molar-refractivity contribution >= 4 is 25.8 Å². The van der Waals surface area contributed by atoms with E-state index in [9.17, 15) is 21.6 Å². The molecule has 1 fully saturated rings. The molecule has 0 saturated carbocycles. The van der Waals surface area contributed by atoms with Gasteiger partial charge in [0.05, 0.1) is 22.0 Å². The van der Waals surface area contributed by atoms with Crippen LogP contribution in [0.2, 0.25) is 0 Å². The van der Waals surface area contributed by atoms with E-state index in [1.165, 1.54) is 16.4 Å². The van der Waals surface area contributed by atoms with Crippen molar-refractivity contribution in [2.24, 2.45) is 0 Å². The van der Waals surface area contributed by atoms with Crippen molar-refractivity contribution in [1.82, 2.24) is 4.31 Å². The molecule has 1 aromatic rings. The first-order valence-corrected chi connectivity index (χ1v) is 11.3. The molecule has 0 unspecified atom stereocenters. The second-order valence-corrected chi connectivity index (χ2v) is 10.5. The van der Waals surface area contributed by atoms with E-state index >= 15 is 0 Å². The van der Waals surface area contributed by atoms with Crippen LogP contribution in [0.3, 0.4) is 0 Å². The smallest absolute Gasteiger partial charge is 0.335 e. The number of hydrogen-bond acceptors (Lipinski definition) is 5. The Bertz CT molecular complexity index is 876. The molecule has 1 N–H and O–H groups in total. The zero-order valence-corrected chi connectivity index (χ0v) is 16.1. The van der Waals surface area contributed by atoms with Crippen LogP contribution in [0.15, 0.2) is 23.1 Å². The first-order valence-electron chi connectivity index (χ1n) is 8.07. The topological polar surface area (TPSA) is 109 Å². The average Bonchev–Trinajstić information content (AvgIpc) is 2.86. The number of carboxylic acid groups (broad SMARTS) is 1. The monoisotopic (exact) mass is 389 g/mol. The lowest BCUT2D eigenvalue weighted by Gasteiger charge is -2.33. The number of carbonyl (C=O) groups is 1. The van der Waals surface area contributed by atoms with E-state index in [2.05, 4.69) is 0 Å². The number of aromatic carboxylic acids is 1. The van der Waals surface area contributed by atoms with Gasteiger partial charge in [0.1, 0.15) is 0 Å². The van der Waals surface area contributed by atoms with Gasteiger partial charge in [-0.3, -0.25) is 0 Å². The fourth-order valence-corrected chi connectivity index (χ4v) is 7.05. The molecule has 9 heteroatoms. The molecule has 140 valence electrons. The highest BCUT2D eigenvalue weighted by Crippen LogP contribution is 2.30. The van der Waals surface area contributed by atoms with Gasteiger partial charge in [0.25, 0.3) is 0 Å². The summed E-state index contributed by atoms with van der Waals surface area (Å²) in [6.45, 7) is 5.16. The van der Waals surface area contributed by atoms with Crippen LogP contribution in [0.1, 0.15) is 42.6 Å². The lowest BCUT2D eigenvalue weighted by molar-refractivity contribution is 0.0696. The fourth-order valence-electron chi connectivity index (χ4n) is 3.07. The largest absolute Gasteiger partial charge is 0.478 e. The van der Waals surface area contributed by atoms with E-state index in [1.54, 1.807) is 13.8 Å². The molecule has 0 aromatic heterocycles. The molecule has 2 atom stereocenters. The third kappa shape index (κ3) is 4.04. The normalized spacial score (nSPS) is 21.4. The molecule has 0 spiro atoms. The molecule has 7 nitrogen and oxygen atoms in total. The van der Waals surface area contributed by atoms with Gasteiger partial charge in [0.15, 0.2) is 9.84 Å². The number of sulfonamides is 1. The van der Waals surface area contributed by atoms with Gasteiger partial charge in [-0.2, -0.15) is 4.31 Å². The molecular formula is C16H23NO6S2. The Morgan fingerprint density at radius 1 is 1.40 bits per heavy atom. The van der Waals surface area contributed by atoms with E-state index in [4.69, 9.17) is 5.11 Å². The molecule has 1 heterocycles. The lowest BCUT2D eigenvalue weighted by atomic mass is 10.1. The number of sulfone groups is 1. The lowest BCUT2D eigenvalue weighted by Crippen LogP contribution is -2.46. The summed E-state index contributed by atoms with van der Waals surface area (Å²) < 4.78 is 51.4. The molecule has 0 aliphatic carbocycles. The maximum Gasteiger partial charge on any atom is 0.335 e. The summed E-state index contributed by atoms with van der Waals surface area (Å²) in [5, 5.41) is 9.15. The van der Waals surface area contributed by atoms with E-state index in [0.29, 0.717) is 12.0 Å². The van der Waals surface area contributed by atoms with E-state index in [-0.39, 0.29) is 28.4 Å². The Morgan fingerprint density at radius 3 is 2.52 bits per heavy atom. The first kappa shape index (κ1) is 19.9. The Kier molecular flexibility index (Phi) is 5.60. The van der Waals surface area contributed by atoms with Gasteiger partial charge in [0, 0.05) is 12.1 Å². The summed E-state index contributed by atoms with van der Waals surface area (Å²) >= 11 is 0. The average molecular weight is 389 g/mol. The molecule has 1 aliphatic rings. The molecule has 25 heavy (non-hydrogen) atoms. The zero-order valence-electron chi connectivity index (χ0n) is 14.5. The maximum absolute atomic E-state index is 13.3. The second kappa shape index (κ2) is 7.05. The van der Waals surface area contributed by atoms with Crippen molar-refractivity contribution in [2.45, 2.75) is 50.6 Å². The van der Waals surface area contributed by atoms with Gasteiger partial charge in [-0.05, 0) is 44.4 Å². The Hall–Kier alpha value is -1.45. The summed E-state index contributed by atoms with van der Waals surface area (Å²) in [5.74, 6) is -1.45. The highest BCUT2D eigenvalue weighted by atomic mass is 32.2. The quantitative estimate of drug-likeness (QED) is 0.793. The fraction of sp³-hybridized carbons (Fsp3) is 0.562. The van der Waals surface area contributed by atoms with Crippen molar-refractivity contribution in [2.75, 3.05) is 11.5 Å². The minimum atomic E-state index is -4.03. The van der Waals surface area contributed by atoms with Gasteiger partial charge >= 0.3 is 5.97 Å². The summed E-state index contributed by atoms with van der Waals surface area (Å²) in [6, 6.07) is 2.93. The van der Waals surface area contributed by atoms with Crippen LogP contribution in [-0.4, -0.2) is 55.8 Å². The van der Waals surface area contributed by atoms with E-state index in [1.807, 2.05) is 6.92 Å². The standard InChI is InChI=1S/C16H23NO6S2/c1-4-12(3)17(14-7-8-24(20,21)10-14)25(22,23)15-9-13(16(18)19)6-5-11(15)2/h5-6,9,12,14H,4,7-8,10H2,1-3H3,(H,18,19)/t12-,14-/m0/s1. The van der Waals surface area contributed by atoms with Gasteiger partial charge < -0.3 is 5.11 Å². The van der Waals surface area contributed by atoms with Crippen LogP contribution in [0, 0.1) is 6.92 Å². The van der Waals surface area contributed by atoms with Crippen molar-refractivity contribution in [3.63, 3.8) is 0 Å². The Morgan fingerprint density at radius 2 is 2.04 bits per heavy atom. The van der Waals surface area contributed by atoms with Crippen LogP contribution in [0.4, 0.5) is 0 Å². The van der Waals surface area contributed by atoms with Crippen LogP contribution < -0.4 is 0 Å². The van der Waals surface area contributed by atoms with Gasteiger partial charge in [0.2, 0.25) is 10.0 Å². The zero-order chi connectivity index (χ0) is 19.0. The third-order valence-electron chi connectivity index (χ3n) is 4.58. The number of aryl methyl sites for hydroxylation is 1. The second-order valence-electron chi connectivity index (χ2n) is 6.43. The number of benzene rings is 1. The molecule has 1 saturated heterocycles. The minimum absolute atomic E-state index is 0.0335. The summed E-state index contributed by atoms with van der Waals surface area (Å²) in [4.78, 5) is 11.1. The summed E-state index contributed by atoms with van der Waals surface area (Å²) in [7, 11) is -7.28. The molecular weight excluding hydrogens is 366 g/mol. The highest BCUT2D eigenvalue weighted by molar-refractivity contribution is 7.92. The molecule has 1 aliphatic heterocycles. The molecule has 0 bridgehead atoms. The molecule has 1 aromatic carbocycles. The highest BCUT2D eigenvalue weighted by Gasteiger charge is 2.41. The minimum Gasteiger partial charge on any atom is -0.478 e. The van der Waals surface area contributed by atoms with E-state index in [0.717, 1.165) is 6.07 Å². The summed E-state index contributed by atoms with van der Waals surface area (Å²) in [6.07, 6.45) is 0.775. The first-order chi connectivity index (χ1) is 11.5. The third-order valence-corrected chi connectivity index (χ3v) is 8.54. The van der Waals surface area contributed by atoms with Crippen LogP contribution in [0.5, 0.6) is 0 Å². The predicted molar refractivity (Wildman–Crippen MR) is 94.0 cm³/mol. The van der Waals surface area contributed by atoms with Crippen LogP contribution >= 0.6 is 0 Å². The number of carboxylic acids is 1. The van der Waals surface area contributed by atoms with Crippen molar-refractivity contribution in [3.8, 4) is 0 Å². The Labute approximate surface area is 148 Å². The van der Waals surface area contributed by atoms with Crippen molar-refractivity contribution < 1.29 is 26.7 Å². The van der Waals surface area contributed by atoms with Crippen LogP contribution in [-0.2, 0) is 19.9 Å². The summed E-state index contributed by atoms with van der Waals surface area (Å²) in [5.41, 5.74) is 0.312. The SMILES string of the molecule is CC[C@H](C)N([C@H]1CCS(=O)(=O)C1)S(=O)(=O)c1cc(C(=O)O)ccc1C.